The van der Waals surface area contributed by atoms with Crippen LogP contribution in [0.2, 0.25) is 0 Å². The molecule has 86 valence electrons. The number of rotatable bonds is 1. The fourth-order valence-electron chi connectivity index (χ4n) is 1.74. The van der Waals surface area contributed by atoms with E-state index in [2.05, 4.69) is 36.1 Å². The van der Waals surface area contributed by atoms with Crippen LogP contribution in [0.15, 0.2) is 17.0 Å². The van der Waals surface area contributed by atoms with Crippen LogP contribution in [0.4, 0.5) is 0 Å². The molecule has 7 heteroatoms. The third kappa shape index (κ3) is 1.39. The Morgan fingerprint density at radius 1 is 1.29 bits per heavy atom. The minimum absolute atomic E-state index is 0.612. The van der Waals surface area contributed by atoms with E-state index in [-0.39, 0.29) is 0 Å². The Hall–Kier alpha value is -1.76. The number of ether oxygens (including phenoxy) is 1. The molecule has 0 unspecified atom stereocenters. The van der Waals surface area contributed by atoms with E-state index in [4.69, 9.17) is 4.74 Å². The van der Waals surface area contributed by atoms with Crippen molar-refractivity contribution in [3.8, 4) is 5.75 Å². The van der Waals surface area contributed by atoms with E-state index in [0.717, 1.165) is 5.69 Å². The molecule has 0 fully saturated rings. The summed E-state index contributed by atoms with van der Waals surface area (Å²) in [7, 11) is 1.59. The molecule has 0 amide bonds. The number of pyridine rings is 1. The number of aromatic nitrogens is 5. The van der Waals surface area contributed by atoms with Crippen LogP contribution in [0, 0.1) is 6.92 Å². The molecule has 0 atom stereocenters. The lowest BCUT2D eigenvalue weighted by atomic mass is 10.4. The zero-order valence-electron chi connectivity index (χ0n) is 9.18. The number of halogens is 1. The van der Waals surface area contributed by atoms with Gasteiger partial charge in [-0.05, 0) is 22.9 Å². The molecule has 0 N–H and O–H groups in total. The number of methoxy groups -OCH3 is 1. The van der Waals surface area contributed by atoms with Crippen LogP contribution < -0.4 is 4.74 Å². The summed E-state index contributed by atoms with van der Waals surface area (Å²) in [5.41, 5.74) is 2.77. The lowest BCUT2D eigenvalue weighted by Gasteiger charge is -2.04. The average molecular weight is 294 g/mol. The van der Waals surface area contributed by atoms with Crippen LogP contribution in [-0.4, -0.2) is 31.7 Å². The predicted octanol–water partition coefficient (Wildman–Crippen LogP) is 1.75. The highest BCUT2D eigenvalue weighted by Crippen LogP contribution is 2.24. The van der Waals surface area contributed by atoms with E-state index in [1.54, 1.807) is 23.8 Å². The monoisotopic (exact) mass is 293 g/mol. The molecule has 0 spiro atoms. The largest absolute Gasteiger partial charge is 0.494 e. The molecule has 3 aromatic heterocycles. The lowest BCUT2D eigenvalue weighted by molar-refractivity contribution is 0.418. The van der Waals surface area contributed by atoms with Crippen LogP contribution >= 0.6 is 15.9 Å². The van der Waals surface area contributed by atoms with Gasteiger partial charge in [0.2, 0.25) is 0 Å². The number of hydrogen-bond donors (Lipinski definition) is 0. The summed E-state index contributed by atoms with van der Waals surface area (Å²) in [4.78, 5) is 8.59. The molecular formula is C10H8BrN5O. The maximum Gasteiger partial charge on any atom is 0.185 e. The summed E-state index contributed by atoms with van der Waals surface area (Å²) < 4.78 is 7.70. The number of nitrogens with zero attached hydrogens (tertiary/aromatic N) is 5. The van der Waals surface area contributed by atoms with E-state index in [9.17, 15) is 0 Å². The van der Waals surface area contributed by atoms with Crippen molar-refractivity contribution < 1.29 is 4.74 Å². The summed E-state index contributed by atoms with van der Waals surface area (Å²) >= 11 is 3.39. The van der Waals surface area contributed by atoms with E-state index < -0.39 is 0 Å². The fourth-order valence-corrected chi connectivity index (χ4v) is 2.34. The van der Waals surface area contributed by atoms with Gasteiger partial charge < -0.3 is 4.74 Å². The van der Waals surface area contributed by atoms with Gasteiger partial charge in [0.25, 0.3) is 0 Å². The Morgan fingerprint density at radius 3 is 2.88 bits per heavy atom. The van der Waals surface area contributed by atoms with E-state index in [1.165, 1.54) is 0 Å². The second kappa shape index (κ2) is 3.63. The minimum Gasteiger partial charge on any atom is -0.494 e. The first-order chi connectivity index (χ1) is 8.22. The molecule has 17 heavy (non-hydrogen) atoms. The van der Waals surface area contributed by atoms with Crippen molar-refractivity contribution in [3.05, 3.63) is 22.7 Å². The summed E-state index contributed by atoms with van der Waals surface area (Å²) in [6.45, 7) is 1.88. The predicted molar refractivity (Wildman–Crippen MR) is 65.1 cm³/mol. The smallest absolute Gasteiger partial charge is 0.185 e. The van der Waals surface area contributed by atoms with Gasteiger partial charge in [-0.3, -0.25) is 4.40 Å². The standard InChI is InChI=1S/C10H8BrN5O/c1-5-8-15-14-7-6(17-2)3-4-12-9(7)16(8)10(11)13-5/h3-4H,1-2H3. The van der Waals surface area contributed by atoms with Gasteiger partial charge in [0.15, 0.2) is 27.3 Å². The van der Waals surface area contributed by atoms with Gasteiger partial charge in [0, 0.05) is 12.3 Å². The van der Waals surface area contributed by atoms with Crippen molar-refractivity contribution in [1.29, 1.82) is 0 Å². The Labute approximate surface area is 105 Å². The van der Waals surface area contributed by atoms with Gasteiger partial charge in [-0.2, -0.15) is 0 Å². The topological polar surface area (TPSA) is 65.2 Å². The first-order valence-corrected chi connectivity index (χ1v) is 5.71. The zero-order chi connectivity index (χ0) is 12.0. The summed E-state index contributed by atoms with van der Waals surface area (Å²) in [5.74, 6) is 0.641. The molecule has 0 aromatic carbocycles. The van der Waals surface area contributed by atoms with Crippen LogP contribution in [-0.2, 0) is 0 Å². The highest BCUT2D eigenvalue weighted by molar-refractivity contribution is 9.10. The molecule has 3 heterocycles. The van der Waals surface area contributed by atoms with Crippen LogP contribution in [0.5, 0.6) is 5.75 Å². The Kier molecular flexibility index (Phi) is 2.22. The molecule has 0 saturated carbocycles. The summed E-state index contributed by atoms with van der Waals surface area (Å²) in [6.07, 6.45) is 1.67. The van der Waals surface area contributed by atoms with Gasteiger partial charge in [-0.1, -0.05) is 0 Å². The first kappa shape index (κ1) is 10.4. The number of imidazole rings is 1. The molecule has 0 aliphatic heterocycles. The quantitative estimate of drug-likeness (QED) is 0.684. The third-order valence-corrected chi connectivity index (χ3v) is 3.06. The normalized spacial score (nSPS) is 11.2. The van der Waals surface area contributed by atoms with Gasteiger partial charge in [-0.15, -0.1) is 10.2 Å². The van der Waals surface area contributed by atoms with Crippen LogP contribution in [0.1, 0.15) is 5.69 Å². The molecule has 0 saturated heterocycles. The van der Waals surface area contributed by atoms with Crippen molar-refractivity contribution in [1.82, 2.24) is 24.6 Å². The van der Waals surface area contributed by atoms with Gasteiger partial charge in [0.1, 0.15) is 0 Å². The SMILES string of the molecule is COc1ccnc2c1nnc1c(C)nc(Br)n12. The Bertz CT molecular complexity index is 723. The van der Waals surface area contributed by atoms with Crippen LogP contribution in [0.3, 0.4) is 0 Å². The zero-order valence-corrected chi connectivity index (χ0v) is 10.8. The van der Waals surface area contributed by atoms with Gasteiger partial charge >= 0.3 is 0 Å². The van der Waals surface area contributed by atoms with Crippen molar-refractivity contribution in [3.63, 3.8) is 0 Å². The highest BCUT2D eigenvalue weighted by Gasteiger charge is 2.14. The van der Waals surface area contributed by atoms with Crippen molar-refractivity contribution in [2.75, 3.05) is 7.11 Å². The van der Waals surface area contributed by atoms with E-state index in [0.29, 0.717) is 27.3 Å². The molecular weight excluding hydrogens is 286 g/mol. The summed E-state index contributed by atoms with van der Waals surface area (Å²) in [5, 5.41) is 8.27. The molecule has 0 aliphatic carbocycles. The second-order valence-corrected chi connectivity index (χ2v) is 4.22. The van der Waals surface area contributed by atoms with Crippen molar-refractivity contribution in [2.24, 2.45) is 0 Å². The minimum atomic E-state index is 0.612. The van der Waals surface area contributed by atoms with Crippen LogP contribution in [0.25, 0.3) is 16.8 Å². The van der Waals surface area contributed by atoms with Crippen molar-refractivity contribution in [2.45, 2.75) is 6.92 Å². The second-order valence-electron chi connectivity index (χ2n) is 3.51. The van der Waals surface area contributed by atoms with Crippen molar-refractivity contribution >= 4 is 32.7 Å². The Morgan fingerprint density at radius 2 is 2.12 bits per heavy atom. The average Bonchev–Trinajstić information content (AvgIpc) is 2.64. The molecule has 6 nitrogen and oxygen atoms in total. The number of hydrogen-bond acceptors (Lipinski definition) is 5. The fraction of sp³-hybridized carbons (Fsp3) is 0.200. The maximum atomic E-state index is 5.23. The molecule has 3 rings (SSSR count). The number of aryl methyl sites for hydroxylation is 1. The van der Waals surface area contributed by atoms with Gasteiger partial charge in [0.05, 0.1) is 12.8 Å². The summed E-state index contributed by atoms with van der Waals surface area (Å²) in [6, 6.07) is 1.75. The van der Waals surface area contributed by atoms with E-state index >= 15 is 0 Å². The third-order valence-electron chi connectivity index (χ3n) is 2.52. The molecule has 3 aromatic rings. The number of fused-ring (bicyclic) bond motifs is 3. The molecule has 0 aliphatic rings. The maximum absolute atomic E-state index is 5.23. The lowest BCUT2D eigenvalue weighted by Crippen LogP contribution is -1.99. The van der Waals surface area contributed by atoms with E-state index in [1.807, 2.05) is 6.92 Å². The first-order valence-electron chi connectivity index (χ1n) is 4.92. The molecule has 0 bridgehead atoms. The Balaban J connectivity index is 2.56. The highest BCUT2D eigenvalue weighted by atomic mass is 79.9. The molecule has 0 radical (unpaired) electrons. The van der Waals surface area contributed by atoms with Gasteiger partial charge in [-0.25, -0.2) is 9.97 Å².